The summed E-state index contributed by atoms with van der Waals surface area (Å²) in [7, 11) is 0. The molecule has 1 atom stereocenters. The van der Waals surface area contributed by atoms with Crippen molar-refractivity contribution < 1.29 is 4.79 Å². The van der Waals surface area contributed by atoms with Crippen LogP contribution in [0.5, 0.6) is 0 Å². The Bertz CT molecular complexity index is 441. The summed E-state index contributed by atoms with van der Waals surface area (Å²) >= 11 is 0. The van der Waals surface area contributed by atoms with Gasteiger partial charge in [0, 0.05) is 25.3 Å². The van der Waals surface area contributed by atoms with Gasteiger partial charge in [0.05, 0.1) is 6.04 Å². The molecule has 0 saturated carbocycles. The summed E-state index contributed by atoms with van der Waals surface area (Å²) in [5.41, 5.74) is 5.92. The minimum Gasteiger partial charge on any atom is -0.356 e. The number of amides is 1. The molecule has 2 rings (SSSR count). The van der Waals surface area contributed by atoms with E-state index < -0.39 is 0 Å². The van der Waals surface area contributed by atoms with Crippen molar-refractivity contribution >= 4 is 11.7 Å². The highest BCUT2D eigenvalue weighted by Gasteiger charge is 2.23. The maximum Gasteiger partial charge on any atom is 0.237 e. The number of nitrogens with zero attached hydrogens (tertiary/aromatic N) is 2. The number of rotatable bonds is 5. The molecule has 1 unspecified atom stereocenters. The van der Waals surface area contributed by atoms with Crippen molar-refractivity contribution in [2.75, 3.05) is 18.0 Å². The third kappa shape index (κ3) is 4.70. The van der Waals surface area contributed by atoms with E-state index in [0.29, 0.717) is 5.92 Å². The van der Waals surface area contributed by atoms with Crippen molar-refractivity contribution in [1.29, 1.82) is 0 Å². The number of carbonyl (C=O) groups excluding carboxylic acids is 1. The Kier molecular flexibility index (Phi) is 5.56. The van der Waals surface area contributed by atoms with Gasteiger partial charge in [-0.1, -0.05) is 19.9 Å². The van der Waals surface area contributed by atoms with Gasteiger partial charge in [0.15, 0.2) is 0 Å². The molecule has 21 heavy (non-hydrogen) atoms. The van der Waals surface area contributed by atoms with Crippen LogP contribution in [0.4, 0.5) is 5.82 Å². The number of hydrogen-bond donors (Lipinski definition) is 2. The Balaban J connectivity index is 1.78. The van der Waals surface area contributed by atoms with Crippen LogP contribution in [-0.4, -0.2) is 36.1 Å². The topological polar surface area (TPSA) is 71.2 Å². The lowest BCUT2D eigenvalue weighted by atomic mass is 10.0. The molecule has 0 aliphatic carbocycles. The highest BCUT2D eigenvalue weighted by atomic mass is 16.2. The zero-order valence-electron chi connectivity index (χ0n) is 13.0. The van der Waals surface area contributed by atoms with Crippen molar-refractivity contribution in [3.05, 3.63) is 24.4 Å². The largest absolute Gasteiger partial charge is 0.356 e. The number of piperidine rings is 1. The molecule has 1 aliphatic rings. The maximum atomic E-state index is 12.0. The molecule has 116 valence electrons. The summed E-state index contributed by atoms with van der Waals surface area (Å²) in [5.74, 6) is 1.44. The van der Waals surface area contributed by atoms with Crippen molar-refractivity contribution in [2.24, 2.45) is 11.7 Å². The molecule has 0 radical (unpaired) electrons. The first-order valence-electron chi connectivity index (χ1n) is 7.78. The van der Waals surface area contributed by atoms with Crippen LogP contribution in [0.2, 0.25) is 0 Å². The van der Waals surface area contributed by atoms with E-state index in [0.717, 1.165) is 38.2 Å². The highest BCUT2D eigenvalue weighted by Crippen LogP contribution is 2.17. The minimum atomic E-state index is -0.390. The van der Waals surface area contributed by atoms with Crippen LogP contribution < -0.4 is 16.0 Å². The van der Waals surface area contributed by atoms with E-state index in [1.54, 1.807) is 0 Å². The van der Waals surface area contributed by atoms with Gasteiger partial charge < -0.3 is 16.0 Å². The van der Waals surface area contributed by atoms with Gasteiger partial charge >= 0.3 is 0 Å². The molecule has 5 heteroatoms. The number of hydrogen-bond acceptors (Lipinski definition) is 4. The first-order chi connectivity index (χ1) is 10.1. The SMILES string of the molecule is CC(C)CC(N)C(=O)NC1CCN(c2ccccn2)CC1. The molecule has 3 N–H and O–H groups in total. The molecule has 0 bridgehead atoms. The van der Waals surface area contributed by atoms with Crippen LogP contribution in [0.15, 0.2) is 24.4 Å². The van der Waals surface area contributed by atoms with E-state index in [4.69, 9.17) is 5.73 Å². The summed E-state index contributed by atoms with van der Waals surface area (Å²) in [5, 5.41) is 3.08. The zero-order chi connectivity index (χ0) is 15.2. The van der Waals surface area contributed by atoms with Crippen molar-refractivity contribution in [2.45, 2.75) is 45.2 Å². The second kappa shape index (κ2) is 7.41. The van der Waals surface area contributed by atoms with Gasteiger partial charge in [-0.15, -0.1) is 0 Å². The molecule has 0 spiro atoms. The summed E-state index contributed by atoms with van der Waals surface area (Å²) in [6.07, 6.45) is 4.43. The van der Waals surface area contributed by atoms with Gasteiger partial charge in [-0.3, -0.25) is 4.79 Å². The van der Waals surface area contributed by atoms with E-state index in [9.17, 15) is 4.79 Å². The Hall–Kier alpha value is -1.62. The average Bonchev–Trinajstić information content (AvgIpc) is 2.48. The predicted molar refractivity (Wildman–Crippen MR) is 85.0 cm³/mol. The van der Waals surface area contributed by atoms with Gasteiger partial charge in [0.2, 0.25) is 5.91 Å². The van der Waals surface area contributed by atoms with Gasteiger partial charge in [-0.25, -0.2) is 4.98 Å². The molecule has 1 fully saturated rings. The Morgan fingerprint density at radius 1 is 1.43 bits per heavy atom. The molecule has 1 saturated heterocycles. The first kappa shape index (κ1) is 15.8. The fraction of sp³-hybridized carbons (Fsp3) is 0.625. The number of anilines is 1. The van der Waals surface area contributed by atoms with E-state index >= 15 is 0 Å². The second-order valence-electron chi connectivity index (χ2n) is 6.19. The highest BCUT2D eigenvalue weighted by molar-refractivity contribution is 5.81. The lowest BCUT2D eigenvalue weighted by Gasteiger charge is -2.33. The number of carbonyl (C=O) groups is 1. The Morgan fingerprint density at radius 3 is 2.71 bits per heavy atom. The summed E-state index contributed by atoms with van der Waals surface area (Å²) in [4.78, 5) is 18.7. The Labute approximate surface area is 126 Å². The van der Waals surface area contributed by atoms with Gasteiger partial charge in [-0.05, 0) is 37.3 Å². The molecule has 5 nitrogen and oxygen atoms in total. The van der Waals surface area contributed by atoms with Crippen LogP contribution in [0.1, 0.15) is 33.1 Å². The fourth-order valence-electron chi connectivity index (χ4n) is 2.72. The summed E-state index contributed by atoms with van der Waals surface area (Å²) in [6, 6.07) is 5.79. The van der Waals surface area contributed by atoms with Crippen molar-refractivity contribution in [3.63, 3.8) is 0 Å². The lowest BCUT2D eigenvalue weighted by Crippen LogP contribution is -2.50. The predicted octanol–water partition coefficient (Wildman–Crippen LogP) is 1.54. The van der Waals surface area contributed by atoms with Crippen LogP contribution >= 0.6 is 0 Å². The van der Waals surface area contributed by atoms with E-state index in [1.165, 1.54) is 0 Å². The van der Waals surface area contributed by atoms with E-state index in [-0.39, 0.29) is 18.0 Å². The van der Waals surface area contributed by atoms with E-state index in [2.05, 4.69) is 29.0 Å². The van der Waals surface area contributed by atoms with Gasteiger partial charge in [0.25, 0.3) is 0 Å². The first-order valence-corrected chi connectivity index (χ1v) is 7.78. The van der Waals surface area contributed by atoms with Crippen LogP contribution in [0.25, 0.3) is 0 Å². The molecule has 1 aliphatic heterocycles. The number of aromatic nitrogens is 1. The smallest absolute Gasteiger partial charge is 0.237 e. The second-order valence-corrected chi connectivity index (χ2v) is 6.19. The van der Waals surface area contributed by atoms with Crippen molar-refractivity contribution in [3.8, 4) is 0 Å². The molecule has 1 aromatic heterocycles. The average molecular weight is 290 g/mol. The number of nitrogens with one attached hydrogen (secondary N) is 1. The summed E-state index contributed by atoms with van der Waals surface area (Å²) in [6.45, 7) is 6.00. The molecular weight excluding hydrogens is 264 g/mol. The van der Waals surface area contributed by atoms with Gasteiger partial charge in [0.1, 0.15) is 5.82 Å². The van der Waals surface area contributed by atoms with Crippen LogP contribution in [0.3, 0.4) is 0 Å². The minimum absolute atomic E-state index is 0.0139. The van der Waals surface area contributed by atoms with Crippen molar-refractivity contribution in [1.82, 2.24) is 10.3 Å². The maximum absolute atomic E-state index is 12.0. The fourth-order valence-corrected chi connectivity index (χ4v) is 2.72. The number of nitrogens with two attached hydrogens (primary N) is 1. The monoisotopic (exact) mass is 290 g/mol. The Morgan fingerprint density at radius 2 is 2.14 bits per heavy atom. The zero-order valence-corrected chi connectivity index (χ0v) is 13.0. The molecule has 1 aromatic rings. The quantitative estimate of drug-likeness (QED) is 0.863. The molecular formula is C16H26N4O. The van der Waals surface area contributed by atoms with Crippen LogP contribution in [0, 0.1) is 5.92 Å². The van der Waals surface area contributed by atoms with Gasteiger partial charge in [-0.2, -0.15) is 0 Å². The van der Waals surface area contributed by atoms with Crippen LogP contribution in [-0.2, 0) is 4.79 Å². The normalized spacial score (nSPS) is 17.8. The summed E-state index contributed by atoms with van der Waals surface area (Å²) < 4.78 is 0. The lowest BCUT2D eigenvalue weighted by molar-refractivity contribution is -0.123. The third-order valence-electron chi connectivity index (χ3n) is 3.88. The standard InChI is InChI=1S/C16H26N4O/c1-12(2)11-14(17)16(21)19-13-6-9-20(10-7-13)15-5-3-4-8-18-15/h3-5,8,12-14H,6-7,9-11,17H2,1-2H3,(H,19,21). The molecule has 2 heterocycles. The number of pyridine rings is 1. The third-order valence-corrected chi connectivity index (χ3v) is 3.88. The molecule has 1 amide bonds. The van der Waals surface area contributed by atoms with E-state index in [1.807, 2.05) is 24.4 Å². The molecule has 0 aromatic carbocycles.